The van der Waals surface area contributed by atoms with Crippen molar-refractivity contribution in [2.24, 2.45) is 0 Å². The van der Waals surface area contributed by atoms with Crippen molar-refractivity contribution in [3.05, 3.63) is 34.1 Å². The van der Waals surface area contributed by atoms with E-state index in [1.165, 1.54) is 6.07 Å². The minimum absolute atomic E-state index is 0.393. The molecule has 7 heteroatoms. The van der Waals surface area contributed by atoms with Crippen LogP contribution in [0, 0.1) is 15.9 Å². The van der Waals surface area contributed by atoms with Crippen molar-refractivity contribution in [3.63, 3.8) is 0 Å². The Morgan fingerprint density at radius 2 is 2.05 bits per heavy atom. The lowest BCUT2D eigenvalue weighted by molar-refractivity contribution is -0.386. The monoisotopic (exact) mass is 294 g/mol. The first-order valence-electron chi connectivity index (χ1n) is 7.29. The van der Waals surface area contributed by atoms with Gasteiger partial charge in [-0.05, 0) is 25.1 Å². The molecule has 0 radical (unpaired) electrons. The second-order valence-electron chi connectivity index (χ2n) is 5.53. The summed E-state index contributed by atoms with van der Waals surface area (Å²) in [5.41, 5.74) is -0.0160. The van der Waals surface area contributed by atoms with Crippen LogP contribution >= 0.6 is 0 Å². The normalized spacial score (nSPS) is 23.5. The van der Waals surface area contributed by atoms with Gasteiger partial charge in [0.25, 0.3) is 0 Å². The molecule has 1 aromatic carbocycles. The molecule has 2 fully saturated rings. The zero-order valence-electron chi connectivity index (χ0n) is 11.8. The summed E-state index contributed by atoms with van der Waals surface area (Å²) in [7, 11) is 0. The van der Waals surface area contributed by atoms with Crippen LogP contribution in [0.15, 0.2) is 18.2 Å². The molecule has 0 spiro atoms. The van der Waals surface area contributed by atoms with Crippen LogP contribution in [0.1, 0.15) is 6.42 Å². The van der Waals surface area contributed by atoms with Gasteiger partial charge in [0.2, 0.25) is 5.82 Å². The van der Waals surface area contributed by atoms with Crippen LogP contribution in [0.25, 0.3) is 0 Å². The summed E-state index contributed by atoms with van der Waals surface area (Å²) in [5.74, 6) is -0.764. The van der Waals surface area contributed by atoms with Crippen LogP contribution in [0.5, 0.6) is 0 Å². The average molecular weight is 294 g/mol. The van der Waals surface area contributed by atoms with Crippen LogP contribution in [-0.4, -0.2) is 55.1 Å². The van der Waals surface area contributed by atoms with Gasteiger partial charge in [0, 0.05) is 38.8 Å². The summed E-state index contributed by atoms with van der Waals surface area (Å²) >= 11 is 0. The number of benzene rings is 1. The van der Waals surface area contributed by atoms with E-state index >= 15 is 0 Å². The topological polar surface area (TPSA) is 61.7 Å². The quantitative estimate of drug-likeness (QED) is 0.671. The number of nitrogens with one attached hydrogen (secondary N) is 1. The number of hydrogen-bond acceptors (Lipinski definition) is 5. The maximum absolute atomic E-state index is 13.7. The number of halogens is 1. The number of nitro benzene ring substituents is 1. The summed E-state index contributed by atoms with van der Waals surface area (Å²) in [6, 6.07) is 4.87. The fourth-order valence-corrected chi connectivity index (χ4v) is 3.22. The Labute approximate surface area is 122 Å². The van der Waals surface area contributed by atoms with Crippen molar-refractivity contribution in [3.8, 4) is 0 Å². The van der Waals surface area contributed by atoms with Gasteiger partial charge in [-0.3, -0.25) is 15.0 Å². The van der Waals surface area contributed by atoms with E-state index in [-0.39, 0.29) is 0 Å². The summed E-state index contributed by atoms with van der Waals surface area (Å²) in [4.78, 5) is 14.8. The molecule has 0 amide bonds. The van der Waals surface area contributed by atoms with Crippen LogP contribution in [-0.2, 0) is 0 Å². The van der Waals surface area contributed by atoms with E-state index in [1.54, 1.807) is 6.07 Å². The Morgan fingerprint density at radius 3 is 2.67 bits per heavy atom. The standard InChI is InChI=1S/C14H19FN4O2/c15-12-2-1-3-13(14(12)19(20)21)18-8-6-17(7-9-18)11-4-5-16-10-11/h1-3,11,16H,4-10H2. The number of anilines is 1. The molecule has 6 nitrogen and oxygen atoms in total. The molecule has 1 aromatic rings. The van der Waals surface area contributed by atoms with E-state index in [4.69, 9.17) is 0 Å². The number of nitrogens with zero attached hydrogens (tertiary/aromatic N) is 3. The fourth-order valence-electron chi connectivity index (χ4n) is 3.22. The second-order valence-corrected chi connectivity index (χ2v) is 5.53. The Kier molecular flexibility index (Phi) is 4.03. The first kappa shape index (κ1) is 14.2. The largest absolute Gasteiger partial charge is 0.363 e. The van der Waals surface area contributed by atoms with E-state index in [2.05, 4.69) is 10.2 Å². The van der Waals surface area contributed by atoms with Gasteiger partial charge in [-0.25, -0.2) is 0 Å². The van der Waals surface area contributed by atoms with Gasteiger partial charge in [-0.15, -0.1) is 0 Å². The molecule has 3 rings (SSSR count). The highest BCUT2D eigenvalue weighted by Gasteiger charge is 2.29. The molecular weight excluding hydrogens is 275 g/mol. The molecule has 2 aliphatic rings. The average Bonchev–Trinajstić information content (AvgIpc) is 3.01. The van der Waals surface area contributed by atoms with Crippen LogP contribution in [0.4, 0.5) is 15.8 Å². The SMILES string of the molecule is O=[N+]([O-])c1c(F)cccc1N1CCN(C2CCNC2)CC1. The third-order valence-electron chi connectivity index (χ3n) is 4.35. The van der Waals surface area contributed by atoms with Gasteiger partial charge in [0.15, 0.2) is 0 Å². The van der Waals surface area contributed by atoms with Gasteiger partial charge in [0.1, 0.15) is 5.69 Å². The summed E-state index contributed by atoms with van der Waals surface area (Å²) in [5, 5.41) is 14.4. The predicted octanol–water partition coefficient (Wildman–Crippen LogP) is 1.22. The molecule has 2 heterocycles. The van der Waals surface area contributed by atoms with Crippen molar-refractivity contribution >= 4 is 11.4 Å². The molecule has 0 bridgehead atoms. The van der Waals surface area contributed by atoms with E-state index in [0.717, 1.165) is 38.7 Å². The molecule has 0 saturated carbocycles. The highest BCUT2D eigenvalue weighted by atomic mass is 19.1. The zero-order chi connectivity index (χ0) is 14.8. The number of nitro groups is 1. The molecule has 2 saturated heterocycles. The molecule has 2 aliphatic heterocycles. The Morgan fingerprint density at radius 1 is 1.29 bits per heavy atom. The highest BCUT2D eigenvalue weighted by Crippen LogP contribution is 2.31. The highest BCUT2D eigenvalue weighted by molar-refractivity contribution is 5.64. The Balaban J connectivity index is 1.72. The second kappa shape index (κ2) is 5.95. The van der Waals surface area contributed by atoms with Crippen molar-refractivity contribution in [2.45, 2.75) is 12.5 Å². The first-order valence-corrected chi connectivity index (χ1v) is 7.29. The number of rotatable bonds is 3. The smallest absolute Gasteiger partial charge is 0.327 e. The minimum Gasteiger partial charge on any atom is -0.363 e. The molecule has 1 unspecified atom stereocenters. The third-order valence-corrected chi connectivity index (χ3v) is 4.35. The first-order chi connectivity index (χ1) is 10.2. The number of piperazine rings is 1. The Hall–Kier alpha value is -1.73. The van der Waals surface area contributed by atoms with E-state index < -0.39 is 16.4 Å². The number of hydrogen-bond donors (Lipinski definition) is 1. The molecule has 21 heavy (non-hydrogen) atoms. The fraction of sp³-hybridized carbons (Fsp3) is 0.571. The van der Waals surface area contributed by atoms with Gasteiger partial charge in [-0.2, -0.15) is 4.39 Å². The molecule has 1 N–H and O–H groups in total. The van der Waals surface area contributed by atoms with Crippen molar-refractivity contribution < 1.29 is 9.31 Å². The molecule has 1 atom stereocenters. The van der Waals surface area contributed by atoms with Gasteiger partial charge < -0.3 is 10.2 Å². The predicted molar refractivity (Wildman–Crippen MR) is 78.1 cm³/mol. The van der Waals surface area contributed by atoms with Gasteiger partial charge in [-0.1, -0.05) is 6.07 Å². The van der Waals surface area contributed by atoms with E-state index in [9.17, 15) is 14.5 Å². The molecular formula is C14H19FN4O2. The van der Waals surface area contributed by atoms with Crippen molar-refractivity contribution in [2.75, 3.05) is 44.2 Å². The van der Waals surface area contributed by atoms with E-state index in [0.29, 0.717) is 24.8 Å². The summed E-state index contributed by atoms with van der Waals surface area (Å²) < 4.78 is 13.7. The lowest BCUT2D eigenvalue weighted by Gasteiger charge is -2.38. The summed E-state index contributed by atoms with van der Waals surface area (Å²) in [6.07, 6.45) is 1.15. The van der Waals surface area contributed by atoms with Crippen molar-refractivity contribution in [1.82, 2.24) is 10.2 Å². The van der Waals surface area contributed by atoms with Gasteiger partial charge >= 0.3 is 5.69 Å². The lowest BCUT2D eigenvalue weighted by Crippen LogP contribution is -2.51. The molecule has 0 aliphatic carbocycles. The summed E-state index contributed by atoms with van der Waals surface area (Å²) in [6.45, 7) is 5.18. The maximum Gasteiger partial charge on any atom is 0.327 e. The van der Waals surface area contributed by atoms with Crippen molar-refractivity contribution in [1.29, 1.82) is 0 Å². The maximum atomic E-state index is 13.7. The van der Waals surface area contributed by atoms with Crippen LogP contribution < -0.4 is 10.2 Å². The minimum atomic E-state index is -0.764. The number of para-hydroxylation sites is 1. The lowest BCUT2D eigenvalue weighted by atomic mass is 10.1. The van der Waals surface area contributed by atoms with Crippen LogP contribution in [0.3, 0.4) is 0 Å². The Bertz CT molecular complexity index is 526. The van der Waals surface area contributed by atoms with Crippen LogP contribution in [0.2, 0.25) is 0 Å². The molecule has 0 aromatic heterocycles. The van der Waals surface area contributed by atoms with E-state index in [1.807, 2.05) is 4.90 Å². The van der Waals surface area contributed by atoms with Gasteiger partial charge in [0.05, 0.1) is 4.92 Å². The molecule has 114 valence electrons. The third kappa shape index (κ3) is 2.84. The zero-order valence-corrected chi connectivity index (χ0v) is 11.8.